The summed E-state index contributed by atoms with van der Waals surface area (Å²) in [5, 5.41) is 2.85. The number of rotatable bonds is 7. The van der Waals surface area contributed by atoms with Crippen LogP contribution in [0, 0.1) is 0 Å². The van der Waals surface area contributed by atoms with Crippen LogP contribution in [0.5, 0.6) is 0 Å². The van der Waals surface area contributed by atoms with Crippen LogP contribution in [-0.4, -0.2) is 45.1 Å². The number of anilines is 1. The van der Waals surface area contributed by atoms with E-state index >= 15 is 0 Å². The lowest BCUT2D eigenvalue weighted by atomic mass is 9.77. The van der Waals surface area contributed by atoms with Gasteiger partial charge in [-0.1, -0.05) is 54.6 Å². The van der Waals surface area contributed by atoms with Gasteiger partial charge in [0.15, 0.2) is 0 Å². The number of amides is 1. The van der Waals surface area contributed by atoms with Crippen molar-refractivity contribution < 1.29 is 18.8 Å². The van der Waals surface area contributed by atoms with Crippen LogP contribution < -0.4 is 10.2 Å². The molecule has 7 heteroatoms. The zero-order chi connectivity index (χ0) is 23.4. The molecule has 32 heavy (non-hydrogen) atoms. The highest BCUT2D eigenvalue weighted by atomic mass is 16.7. The number of para-hydroxylation sites is 1. The van der Waals surface area contributed by atoms with Gasteiger partial charge in [0.2, 0.25) is 0 Å². The summed E-state index contributed by atoms with van der Waals surface area (Å²) in [5.74, 6) is 0. The van der Waals surface area contributed by atoms with E-state index in [0.29, 0.717) is 0 Å². The molecule has 0 spiro atoms. The lowest BCUT2D eigenvalue weighted by molar-refractivity contribution is 0.00578. The maximum atomic E-state index is 12.4. The van der Waals surface area contributed by atoms with Gasteiger partial charge in [0.1, 0.15) is 6.61 Å². The maximum absolute atomic E-state index is 12.4. The molecule has 2 aromatic rings. The van der Waals surface area contributed by atoms with Crippen LogP contribution >= 0.6 is 0 Å². The third-order valence-corrected chi connectivity index (χ3v) is 5.97. The molecule has 0 atom stereocenters. The van der Waals surface area contributed by atoms with Gasteiger partial charge < -0.3 is 24.3 Å². The number of carbonyl (C=O) groups is 1. The number of carbonyl (C=O) groups excluding carboxylic acids is 1. The lowest BCUT2D eigenvalue weighted by Gasteiger charge is -2.32. The molecule has 1 amide bonds. The smallest absolute Gasteiger partial charge is 0.445 e. The van der Waals surface area contributed by atoms with Crippen molar-refractivity contribution in [2.75, 3.05) is 25.5 Å². The number of ether oxygens (including phenoxy) is 1. The number of hydrogen-bond acceptors (Lipinski definition) is 5. The first-order valence-corrected chi connectivity index (χ1v) is 10.9. The average molecular weight is 436 g/mol. The van der Waals surface area contributed by atoms with Crippen molar-refractivity contribution >= 4 is 25.0 Å². The molecule has 1 aliphatic rings. The molecule has 0 aliphatic carbocycles. The zero-order valence-electron chi connectivity index (χ0n) is 19.8. The summed E-state index contributed by atoms with van der Waals surface area (Å²) in [5.41, 5.74) is 2.87. The second-order valence-corrected chi connectivity index (χ2v) is 9.18. The first kappa shape index (κ1) is 23.9. The van der Waals surface area contributed by atoms with E-state index in [1.165, 1.54) is 0 Å². The molecule has 0 saturated carbocycles. The average Bonchev–Trinajstić information content (AvgIpc) is 2.97. The molecule has 1 heterocycles. The highest BCUT2D eigenvalue weighted by Crippen LogP contribution is 2.39. The van der Waals surface area contributed by atoms with Crippen molar-refractivity contribution in [2.45, 2.75) is 45.5 Å². The van der Waals surface area contributed by atoms with E-state index in [9.17, 15) is 4.79 Å². The highest BCUT2D eigenvalue weighted by molar-refractivity contribution is 6.56. The summed E-state index contributed by atoms with van der Waals surface area (Å²) in [4.78, 5) is 14.4. The van der Waals surface area contributed by atoms with E-state index in [1.807, 2.05) is 96.4 Å². The lowest BCUT2D eigenvalue weighted by Crippen LogP contribution is -2.41. The van der Waals surface area contributed by atoms with Gasteiger partial charge >= 0.3 is 13.2 Å². The van der Waals surface area contributed by atoms with Crippen molar-refractivity contribution in [2.24, 2.45) is 0 Å². The van der Waals surface area contributed by atoms with E-state index < -0.39 is 24.4 Å². The van der Waals surface area contributed by atoms with Gasteiger partial charge in [-0.05, 0) is 50.4 Å². The summed E-state index contributed by atoms with van der Waals surface area (Å²) >= 11 is 0. The van der Waals surface area contributed by atoms with Crippen LogP contribution in [0.25, 0.3) is 6.08 Å². The van der Waals surface area contributed by atoms with E-state index in [0.717, 1.165) is 22.3 Å². The second-order valence-electron chi connectivity index (χ2n) is 9.18. The largest absolute Gasteiger partial charge is 0.492 e. The third-order valence-electron chi connectivity index (χ3n) is 5.97. The van der Waals surface area contributed by atoms with Gasteiger partial charge in [-0.25, -0.2) is 4.79 Å². The fraction of sp³-hybridized carbons (Fsp3) is 0.400. The van der Waals surface area contributed by atoms with E-state index in [4.69, 9.17) is 14.0 Å². The second kappa shape index (κ2) is 9.80. The Kier molecular flexibility index (Phi) is 7.31. The van der Waals surface area contributed by atoms with Crippen LogP contribution in [0.15, 0.2) is 60.1 Å². The van der Waals surface area contributed by atoms with Crippen LogP contribution in [0.4, 0.5) is 10.5 Å². The van der Waals surface area contributed by atoms with Crippen molar-refractivity contribution in [1.82, 2.24) is 5.32 Å². The zero-order valence-corrected chi connectivity index (χ0v) is 19.8. The van der Waals surface area contributed by atoms with Crippen molar-refractivity contribution in [1.29, 1.82) is 0 Å². The fourth-order valence-corrected chi connectivity index (χ4v) is 3.36. The number of hydrogen-bond donors (Lipinski definition) is 1. The molecule has 2 aromatic carbocycles. The number of nitrogens with zero attached hydrogens (tertiary/aromatic N) is 1. The minimum absolute atomic E-state index is 0.214. The third kappa shape index (κ3) is 5.72. The summed E-state index contributed by atoms with van der Waals surface area (Å²) in [6.45, 7) is 8.51. The molecule has 1 aliphatic heterocycles. The standard InChI is InChI=1S/C25H33BN2O4/c1-24(2)25(3,4)32-26(31-24)21(16-20-14-10-11-15-22(20)28(5)6)17-27-23(29)30-18-19-12-8-7-9-13-19/h7-16H,17-18H2,1-6H3,(H,27,29). The normalized spacial score (nSPS) is 17.2. The molecule has 3 rings (SSSR count). The number of benzene rings is 2. The molecule has 0 bridgehead atoms. The van der Waals surface area contributed by atoms with Crippen LogP contribution in [0.1, 0.15) is 38.8 Å². The number of alkyl carbamates (subject to hydrolysis) is 1. The Morgan fingerprint density at radius 1 is 1.00 bits per heavy atom. The Morgan fingerprint density at radius 2 is 1.59 bits per heavy atom. The number of nitrogens with one attached hydrogen (secondary N) is 1. The first-order valence-electron chi connectivity index (χ1n) is 10.9. The van der Waals surface area contributed by atoms with Gasteiger partial charge in [-0.15, -0.1) is 0 Å². The molecule has 1 N–H and O–H groups in total. The highest BCUT2D eigenvalue weighted by Gasteiger charge is 2.52. The van der Waals surface area contributed by atoms with Crippen LogP contribution in [0.3, 0.4) is 0 Å². The molecule has 1 saturated heterocycles. The Labute approximate surface area is 191 Å². The van der Waals surface area contributed by atoms with Gasteiger partial charge in [-0.2, -0.15) is 0 Å². The molecular formula is C25H33BN2O4. The van der Waals surface area contributed by atoms with E-state index in [1.54, 1.807) is 0 Å². The molecule has 0 aromatic heterocycles. The topological polar surface area (TPSA) is 60.0 Å². The minimum Gasteiger partial charge on any atom is -0.445 e. The quantitative estimate of drug-likeness (QED) is 0.638. The van der Waals surface area contributed by atoms with E-state index in [-0.39, 0.29) is 13.2 Å². The maximum Gasteiger partial charge on any atom is 0.492 e. The molecule has 6 nitrogen and oxygen atoms in total. The Morgan fingerprint density at radius 3 is 2.22 bits per heavy atom. The van der Waals surface area contributed by atoms with Crippen LogP contribution in [-0.2, 0) is 20.7 Å². The molecule has 1 fully saturated rings. The minimum atomic E-state index is -0.579. The van der Waals surface area contributed by atoms with Crippen molar-refractivity contribution in [3.05, 3.63) is 71.2 Å². The van der Waals surface area contributed by atoms with Crippen molar-refractivity contribution in [3.8, 4) is 0 Å². The fourth-order valence-electron chi connectivity index (χ4n) is 3.36. The van der Waals surface area contributed by atoms with Gasteiger partial charge in [-0.3, -0.25) is 0 Å². The molecule has 170 valence electrons. The van der Waals surface area contributed by atoms with E-state index in [2.05, 4.69) is 16.3 Å². The first-order chi connectivity index (χ1) is 15.1. The molecular weight excluding hydrogens is 403 g/mol. The van der Waals surface area contributed by atoms with Gasteiger partial charge in [0, 0.05) is 26.3 Å². The summed E-state index contributed by atoms with van der Waals surface area (Å²) in [6, 6.07) is 17.7. The predicted molar refractivity (Wildman–Crippen MR) is 129 cm³/mol. The Balaban J connectivity index is 1.78. The van der Waals surface area contributed by atoms with Gasteiger partial charge in [0.25, 0.3) is 0 Å². The summed E-state index contributed by atoms with van der Waals surface area (Å²) in [7, 11) is 3.42. The predicted octanol–water partition coefficient (Wildman–Crippen LogP) is 4.69. The van der Waals surface area contributed by atoms with Crippen molar-refractivity contribution in [3.63, 3.8) is 0 Å². The summed E-state index contributed by atoms with van der Waals surface area (Å²) in [6.07, 6.45) is 1.53. The molecule has 0 radical (unpaired) electrons. The SMILES string of the molecule is CN(C)c1ccccc1C=C(CNC(=O)OCc1ccccc1)B1OC(C)(C)C(C)(C)O1. The van der Waals surface area contributed by atoms with Crippen LogP contribution in [0.2, 0.25) is 0 Å². The Hall–Kier alpha value is -2.77. The molecule has 0 unspecified atom stereocenters. The monoisotopic (exact) mass is 436 g/mol. The van der Waals surface area contributed by atoms with Gasteiger partial charge in [0.05, 0.1) is 11.2 Å². The summed E-state index contributed by atoms with van der Waals surface area (Å²) < 4.78 is 17.9. The Bertz CT molecular complexity index is 941.